The molecule has 1 aromatic heterocycles. The number of nitrogens with zero attached hydrogens (tertiary/aromatic N) is 2. The number of anilines is 2. The van der Waals surface area contributed by atoms with Crippen LogP contribution in [0, 0.1) is 11.8 Å². The fraction of sp³-hybridized carbons (Fsp3) is 0.722. The van der Waals surface area contributed by atoms with Gasteiger partial charge in [0.1, 0.15) is 5.82 Å². The van der Waals surface area contributed by atoms with Gasteiger partial charge in [-0.05, 0) is 24.7 Å². The quantitative estimate of drug-likeness (QED) is 0.609. The third-order valence-corrected chi connectivity index (χ3v) is 4.00. The molecule has 0 aliphatic rings. The zero-order chi connectivity index (χ0) is 19.9. The van der Waals surface area contributed by atoms with Gasteiger partial charge >= 0.3 is 5.69 Å². The predicted molar refractivity (Wildman–Crippen MR) is 103 cm³/mol. The van der Waals surface area contributed by atoms with E-state index < -0.39 is 11.2 Å². The number of H-pyrrole nitrogens is 1. The average molecular weight is 368 g/mol. The molecular formula is C18H32N4O4. The first-order valence-electron chi connectivity index (χ1n) is 9.10. The van der Waals surface area contributed by atoms with Gasteiger partial charge in [-0.25, -0.2) is 4.79 Å². The lowest BCUT2D eigenvalue weighted by Crippen LogP contribution is -2.42. The van der Waals surface area contributed by atoms with E-state index in [1.165, 1.54) is 9.47 Å². The van der Waals surface area contributed by atoms with Crippen molar-refractivity contribution in [3.63, 3.8) is 0 Å². The van der Waals surface area contributed by atoms with Crippen LogP contribution in [0.5, 0.6) is 0 Å². The smallest absolute Gasteiger partial charge is 0.330 e. The Hall–Kier alpha value is -2.09. The highest BCUT2D eigenvalue weighted by Gasteiger charge is 2.24. The molecule has 0 fully saturated rings. The molecule has 1 amide bonds. The van der Waals surface area contributed by atoms with Crippen molar-refractivity contribution < 1.29 is 9.53 Å². The highest BCUT2D eigenvalue weighted by molar-refractivity contribution is 5.95. The number of ether oxygens (including phenoxy) is 1. The number of nitrogen functional groups attached to an aromatic ring is 1. The summed E-state index contributed by atoms with van der Waals surface area (Å²) in [5.74, 6) is 0.377. The number of carbonyl (C=O) groups excluding carboxylic acids is 1. The van der Waals surface area contributed by atoms with Crippen LogP contribution in [0.15, 0.2) is 9.59 Å². The number of nitrogens with one attached hydrogen (secondary N) is 1. The van der Waals surface area contributed by atoms with Crippen molar-refractivity contribution in [1.29, 1.82) is 0 Å². The van der Waals surface area contributed by atoms with Crippen molar-refractivity contribution in [1.82, 2.24) is 9.55 Å². The Morgan fingerprint density at radius 3 is 2.42 bits per heavy atom. The lowest BCUT2D eigenvalue weighted by molar-refractivity contribution is -0.118. The van der Waals surface area contributed by atoms with Crippen LogP contribution in [0.2, 0.25) is 0 Å². The molecule has 0 aliphatic heterocycles. The van der Waals surface area contributed by atoms with Crippen molar-refractivity contribution in [2.24, 2.45) is 11.8 Å². The van der Waals surface area contributed by atoms with Crippen molar-refractivity contribution in [3.05, 3.63) is 20.8 Å². The maximum atomic E-state index is 12.8. The van der Waals surface area contributed by atoms with Crippen LogP contribution in [0.4, 0.5) is 11.5 Å². The molecule has 1 rings (SSSR count). The van der Waals surface area contributed by atoms with Crippen LogP contribution in [0.25, 0.3) is 0 Å². The Labute approximate surface area is 154 Å². The molecule has 0 radical (unpaired) electrons. The van der Waals surface area contributed by atoms with Gasteiger partial charge in [0.05, 0.1) is 0 Å². The minimum absolute atomic E-state index is 0.0303. The predicted octanol–water partition coefficient (Wildman–Crippen LogP) is 1.58. The molecule has 0 aromatic carbocycles. The van der Waals surface area contributed by atoms with Gasteiger partial charge in [0.2, 0.25) is 5.91 Å². The summed E-state index contributed by atoms with van der Waals surface area (Å²) >= 11 is 0. The summed E-state index contributed by atoms with van der Waals surface area (Å²) in [5, 5.41) is 0. The highest BCUT2D eigenvalue weighted by atomic mass is 16.5. The van der Waals surface area contributed by atoms with Crippen LogP contribution in [0.3, 0.4) is 0 Å². The Morgan fingerprint density at radius 1 is 1.23 bits per heavy atom. The summed E-state index contributed by atoms with van der Waals surface area (Å²) in [7, 11) is 1.58. The number of hydrogen-bond acceptors (Lipinski definition) is 5. The van der Waals surface area contributed by atoms with E-state index in [4.69, 9.17) is 10.5 Å². The summed E-state index contributed by atoms with van der Waals surface area (Å²) in [6.07, 6.45) is 1.59. The number of carbonyl (C=O) groups is 1. The molecule has 0 bridgehead atoms. The van der Waals surface area contributed by atoms with E-state index in [9.17, 15) is 14.4 Å². The summed E-state index contributed by atoms with van der Waals surface area (Å²) in [4.78, 5) is 41.0. The third kappa shape index (κ3) is 6.01. The molecule has 0 unspecified atom stereocenters. The van der Waals surface area contributed by atoms with Crippen LogP contribution in [-0.4, -0.2) is 35.7 Å². The molecule has 0 aliphatic carbocycles. The largest absolute Gasteiger partial charge is 0.385 e. The molecule has 0 atom stereocenters. The van der Waals surface area contributed by atoms with Gasteiger partial charge in [0, 0.05) is 33.2 Å². The fourth-order valence-electron chi connectivity index (χ4n) is 2.66. The van der Waals surface area contributed by atoms with Gasteiger partial charge < -0.3 is 15.4 Å². The summed E-state index contributed by atoms with van der Waals surface area (Å²) in [6, 6.07) is 0. The number of rotatable bonds is 10. The monoisotopic (exact) mass is 368 g/mol. The number of amides is 1. The lowest BCUT2D eigenvalue weighted by atomic mass is 10.1. The molecule has 0 spiro atoms. The first-order valence-corrected chi connectivity index (χ1v) is 9.10. The second-order valence-electron chi connectivity index (χ2n) is 7.32. The molecule has 8 nitrogen and oxygen atoms in total. The van der Waals surface area contributed by atoms with E-state index in [1.807, 2.05) is 27.7 Å². The fourth-order valence-corrected chi connectivity index (χ4v) is 2.66. The molecule has 1 heterocycles. The third-order valence-electron chi connectivity index (χ3n) is 4.00. The second-order valence-corrected chi connectivity index (χ2v) is 7.32. The molecule has 8 heteroatoms. The number of aromatic amines is 1. The summed E-state index contributed by atoms with van der Waals surface area (Å²) in [6.45, 7) is 9.08. The van der Waals surface area contributed by atoms with Crippen molar-refractivity contribution in [2.45, 2.75) is 53.5 Å². The molecule has 148 valence electrons. The van der Waals surface area contributed by atoms with Gasteiger partial charge in [-0.1, -0.05) is 27.7 Å². The van der Waals surface area contributed by atoms with Crippen LogP contribution >= 0.6 is 0 Å². The van der Waals surface area contributed by atoms with Crippen molar-refractivity contribution in [3.8, 4) is 0 Å². The molecule has 0 saturated heterocycles. The molecule has 3 N–H and O–H groups in total. The van der Waals surface area contributed by atoms with Gasteiger partial charge in [0.15, 0.2) is 5.69 Å². The van der Waals surface area contributed by atoms with E-state index in [0.29, 0.717) is 44.9 Å². The Balaban J connectivity index is 3.32. The van der Waals surface area contributed by atoms with E-state index in [-0.39, 0.29) is 23.3 Å². The van der Waals surface area contributed by atoms with E-state index in [1.54, 1.807) is 7.11 Å². The maximum absolute atomic E-state index is 12.8. The van der Waals surface area contributed by atoms with Crippen LogP contribution < -0.4 is 21.9 Å². The van der Waals surface area contributed by atoms with Crippen molar-refractivity contribution >= 4 is 17.4 Å². The molecule has 0 saturated carbocycles. The van der Waals surface area contributed by atoms with Gasteiger partial charge in [-0.2, -0.15) is 0 Å². The van der Waals surface area contributed by atoms with E-state index in [2.05, 4.69) is 4.98 Å². The van der Waals surface area contributed by atoms with Crippen molar-refractivity contribution in [2.75, 3.05) is 30.9 Å². The Morgan fingerprint density at radius 2 is 1.88 bits per heavy atom. The van der Waals surface area contributed by atoms with Gasteiger partial charge in [-0.3, -0.25) is 19.1 Å². The molecule has 26 heavy (non-hydrogen) atoms. The molecular weight excluding hydrogens is 336 g/mol. The highest BCUT2D eigenvalue weighted by Crippen LogP contribution is 2.20. The first kappa shape index (κ1) is 22.0. The number of nitrogens with two attached hydrogens (primary N) is 1. The summed E-state index contributed by atoms with van der Waals surface area (Å²) in [5.41, 5.74) is 5.01. The average Bonchev–Trinajstić information content (AvgIpc) is 2.54. The zero-order valence-corrected chi connectivity index (χ0v) is 16.5. The topological polar surface area (TPSA) is 110 Å². The van der Waals surface area contributed by atoms with Crippen LogP contribution in [0.1, 0.15) is 47.0 Å². The minimum atomic E-state index is -0.636. The van der Waals surface area contributed by atoms with E-state index in [0.717, 1.165) is 0 Å². The first-order chi connectivity index (χ1) is 12.2. The lowest BCUT2D eigenvalue weighted by Gasteiger charge is -2.25. The van der Waals surface area contributed by atoms with Gasteiger partial charge in [-0.15, -0.1) is 0 Å². The van der Waals surface area contributed by atoms with E-state index >= 15 is 0 Å². The number of methoxy groups -OCH3 is 1. The SMILES string of the molecule is COCCCN(C(=O)CCC(C)C)c1c(N)n(CC(C)C)c(=O)[nH]c1=O. The van der Waals surface area contributed by atoms with Gasteiger partial charge in [0.25, 0.3) is 5.56 Å². The number of aromatic nitrogens is 2. The standard InChI is InChI=1S/C18H32N4O4/c1-12(2)7-8-14(23)21(9-6-10-26-5)15-16(19)22(11-13(3)4)18(25)20-17(15)24/h12-13H,6-11,19H2,1-5H3,(H,20,24,25). The molecule has 1 aromatic rings. The minimum Gasteiger partial charge on any atom is -0.385 e. The number of hydrogen-bond donors (Lipinski definition) is 2. The second kappa shape index (κ2) is 10.2. The Kier molecular flexibility index (Phi) is 8.57. The maximum Gasteiger partial charge on any atom is 0.330 e. The normalized spacial score (nSPS) is 11.3. The Bertz CT molecular complexity index is 706. The summed E-state index contributed by atoms with van der Waals surface area (Å²) < 4.78 is 6.37. The zero-order valence-electron chi connectivity index (χ0n) is 16.5. The van der Waals surface area contributed by atoms with Crippen LogP contribution in [-0.2, 0) is 16.1 Å².